The number of nitrogens with zero attached hydrogens (tertiary/aromatic N) is 1. The summed E-state index contributed by atoms with van der Waals surface area (Å²) in [5.74, 6) is -0.0680. The van der Waals surface area contributed by atoms with Crippen molar-refractivity contribution in [2.45, 2.75) is 30.4 Å². The Labute approximate surface area is 180 Å². The summed E-state index contributed by atoms with van der Waals surface area (Å²) in [5, 5.41) is 9.74. The summed E-state index contributed by atoms with van der Waals surface area (Å²) in [6, 6.07) is 8.17. The van der Waals surface area contributed by atoms with Crippen LogP contribution in [0.2, 0.25) is 0 Å². The summed E-state index contributed by atoms with van der Waals surface area (Å²) in [6.07, 6.45) is 4.22. The van der Waals surface area contributed by atoms with E-state index in [0.717, 1.165) is 30.6 Å². The number of piperidine rings is 1. The number of ether oxygens (including phenoxy) is 2. The number of methoxy groups -OCH3 is 1. The predicted molar refractivity (Wildman–Crippen MR) is 117 cm³/mol. The van der Waals surface area contributed by atoms with Crippen molar-refractivity contribution in [3.63, 3.8) is 0 Å². The molecule has 1 fully saturated rings. The van der Waals surface area contributed by atoms with Gasteiger partial charge in [-0.3, -0.25) is 0 Å². The van der Waals surface area contributed by atoms with E-state index in [1.807, 2.05) is 6.92 Å². The number of carboxylic acids is 1. The van der Waals surface area contributed by atoms with Crippen LogP contribution in [-0.4, -0.2) is 50.6 Å². The lowest BCUT2D eigenvalue weighted by Crippen LogP contribution is -2.35. The highest BCUT2D eigenvalue weighted by Gasteiger charge is 2.28. The fourth-order valence-corrected chi connectivity index (χ4v) is 6.27. The summed E-state index contributed by atoms with van der Waals surface area (Å²) in [7, 11) is -2.09. The molecule has 0 saturated carbocycles. The molecule has 1 aromatic carbocycles. The molecule has 2 heterocycles. The third-order valence-corrected chi connectivity index (χ3v) is 8.27. The monoisotopic (exact) mass is 451 g/mol. The van der Waals surface area contributed by atoms with Crippen molar-refractivity contribution >= 4 is 39.0 Å². The fraction of sp³-hybridized carbons (Fsp3) is 0.381. The maximum absolute atomic E-state index is 12.9. The topological polar surface area (TPSA) is 93.1 Å². The number of carbonyl (C=O) groups is 1. The van der Waals surface area contributed by atoms with Gasteiger partial charge in [0.1, 0.15) is 4.21 Å². The van der Waals surface area contributed by atoms with E-state index in [-0.39, 0.29) is 9.78 Å². The SMILES string of the molecule is CCOc1ccc(/C=C(\C(=O)O)c2ccc(S(=O)(=O)N3CCCCC3)s2)cc1OC. The molecule has 1 saturated heterocycles. The van der Waals surface area contributed by atoms with Gasteiger partial charge in [-0.15, -0.1) is 11.3 Å². The number of hydrogen-bond donors (Lipinski definition) is 1. The number of rotatable bonds is 8. The van der Waals surface area contributed by atoms with Crippen LogP contribution in [0.1, 0.15) is 36.6 Å². The Hall–Kier alpha value is -2.36. The molecule has 2 aromatic rings. The molecule has 0 bridgehead atoms. The molecule has 7 nitrogen and oxygen atoms in total. The minimum absolute atomic E-state index is 0.0197. The van der Waals surface area contributed by atoms with E-state index >= 15 is 0 Å². The van der Waals surface area contributed by atoms with E-state index in [2.05, 4.69) is 0 Å². The van der Waals surface area contributed by atoms with E-state index < -0.39 is 16.0 Å². The number of hydrogen-bond acceptors (Lipinski definition) is 6. The molecule has 1 aromatic heterocycles. The van der Waals surface area contributed by atoms with Gasteiger partial charge in [-0.25, -0.2) is 13.2 Å². The third kappa shape index (κ3) is 4.85. The molecular formula is C21H25NO6S2. The Kier molecular flexibility index (Phi) is 7.17. The highest BCUT2D eigenvalue weighted by Crippen LogP contribution is 2.33. The molecular weight excluding hydrogens is 426 g/mol. The first kappa shape index (κ1) is 22.3. The Bertz CT molecular complexity index is 1040. The average molecular weight is 452 g/mol. The van der Waals surface area contributed by atoms with Crippen LogP contribution in [0.15, 0.2) is 34.5 Å². The van der Waals surface area contributed by atoms with Gasteiger partial charge in [0.05, 0.1) is 19.3 Å². The van der Waals surface area contributed by atoms with Gasteiger partial charge in [0.2, 0.25) is 0 Å². The van der Waals surface area contributed by atoms with E-state index in [1.165, 1.54) is 23.6 Å². The van der Waals surface area contributed by atoms with Crippen molar-refractivity contribution in [1.82, 2.24) is 4.31 Å². The highest BCUT2D eigenvalue weighted by atomic mass is 32.2. The van der Waals surface area contributed by atoms with Crippen LogP contribution in [0.3, 0.4) is 0 Å². The van der Waals surface area contributed by atoms with Crippen molar-refractivity contribution < 1.29 is 27.8 Å². The molecule has 0 amide bonds. The van der Waals surface area contributed by atoms with Gasteiger partial charge in [-0.05, 0) is 55.7 Å². The normalized spacial score (nSPS) is 15.7. The molecule has 0 radical (unpaired) electrons. The Balaban J connectivity index is 1.93. The van der Waals surface area contributed by atoms with Gasteiger partial charge in [0.25, 0.3) is 10.0 Å². The zero-order valence-electron chi connectivity index (χ0n) is 17.0. The lowest BCUT2D eigenvalue weighted by Gasteiger charge is -2.25. The van der Waals surface area contributed by atoms with E-state index in [4.69, 9.17) is 9.47 Å². The zero-order chi connectivity index (χ0) is 21.7. The summed E-state index contributed by atoms with van der Waals surface area (Å²) < 4.78 is 38.2. The van der Waals surface area contributed by atoms with Crippen LogP contribution in [0, 0.1) is 0 Å². The lowest BCUT2D eigenvalue weighted by molar-refractivity contribution is -0.130. The zero-order valence-corrected chi connectivity index (χ0v) is 18.6. The molecule has 9 heteroatoms. The van der Waals surface area contributed by atoms with Crippen LogP contribution in [0.25, 0.3) is 11.6 Å². The molecule has 1 aliphatic rings. The van der Waals surface area contributed by atoms with E-state index in [0.29, 0.717) is 41.6 Å². The van der Waals surface area contributed by atoms with Gasteiger partial charge in [-0.2, -0.15) is 4.31 Å². The molecule has 1 aliphatic heterocycles. The van der Waals surface area contributed by atoms with Gasteiger partial charge in [0.15, 0.2) is 11.5 Å². The molecule has 0 unspecified atom stereocenters. The molecule has 162 valence electrons. The van der Waals surface area contributed by atoms with Gasteiger partial charge < -0.3 is 14.6 Å². The summed E-state index contributed by atoms with van der Waals surface area (Å²) in [4.78, 5) is 12.3. The van der Waals surface area contributed by atoms with Crippen molar-refractivity contribution in [1.29, 1.82) is 0 Å². The van der Waals surface area contributed by atoms with E-state index in [1.54, 1.807) is 24.3 Å². The smallest absolute Gasteiger partial charge is 0.337 e. The first-order chi connectivity index (χ1) is 14.4. The number of thiophene rings is 1. The lowest BCUT2D eigenvalue weighted by atomic mass is 10.1. The highest BCUT2D eigenvalue weighted by molar-refractivity contribution is 7.91. The predicted octanol–water partition coefficient (Wildman–Crippen LogP) is 3.96. The molecule has 30 heavy (non-hydrogen) atoms. The standard InChI is InChI=1S/C21H25NO6S2/c1-3-28-17-8-7-15(14-18(17)27-2)13-16(21(23)24)19-9-10-20(29-19)30(25,26)22-11-5-4-6-12-22/h7-10,13-14H,3-6,11-12H2,1-2H3,(H,23,24)/b16-13-. The van der Waals surface area contributed by atoms with Crippen LogP contribution in [0.4, 0.5) is 0 Å². The molecule has 3 rings (SSSR count). The second-order valence-electron chi connectivity index (χ2n) is 6.79. The molecule has 0 spiro atoms. The van der Waals surface area contributed by atoms with Crippen LogP contribution in [-0.2, 0) is 14.8 Å². The van der Waals surface area contributed by atoms with Gasteiger partial charge in [0, 0.05) is 18.0 Å². The first-order valence-corrected chi connectivity index (χ1v) is 12.0. The minimum Gasteiger partial charge on any atom is -0.493 e. The van der Waals surface area contributed by atoms with Crippen molar-refractivity contribution in [3.05, 3.63) is 40.8 Å². The van der Waals surface area contributed by atoms with Crippen molar-refractivity contribution in [2.24, 2.45) is 0 Å². The Morgan fingerprint density at radius 3 is 2.53 bits per heavy atom. The molecule has 1 N–H and O–H groups in total. The summed E-state index contributed by atoms with van der Waals surface area (Å²) >= 11 is 0.976. The Morgan fingerprint density at radius 1 is 1.17 bits per heavy atom. The second kappa shape index (κ2) is 9.63. The average Bonchev–Trinajstić information content (AvgIpc) is 3.24. The van der Waals surface area contributed by atoms with Crippen LogP contribution < -0.4 is 9.47 Å². The largest absolute Gasteiger partial charge is 0.493 e. The third-order valence-electron chi connectivity index (χ3n) is 4.78. The maximum atomic E-state index is 12.9. The number of sulfonamides is 1. The maximum Gasteiger partial charge on any atom is 0.337 e. The quantitative estimate of drug-likeness (QED) is 0.611. The van der Waals surface area contributed by atoms with Crippen LogP contribution >= 0.6 is 11.3 Å². The minimum atomic E-state index is -3.60. The van der Waals surface area contributed by atoms with Gasteiger partial charge >= 0.3 is 5.97 Å². The fourth-order valence-electron chi connectivity index (χ4n) is 3.29. The number of carboxylic acid groups (broad SMARTS) is 1. The summed E-state index contributed by atoms with van der Waals surface area (Å²) in [6.45, 7) is 3.35. The molecule has 0 atom stereocenters. The van der Waals surface area contributed by atoms with Crippen molar-refractivity contribution in [3.8, 4) is 11.5 Å². The Morgan fingerprint density at radius 2 is 1.90 bits per heavy atom. The molecule has 0 aliphatic carbocycles. The first-order valence-electron chi connectivity index (χ1n) is 9.73. The number of aliphatic carboxylic acids is 1. The summed E-state index contributed by atoms with van der Waals surface area (Å²) in [5.41, 5.74) is 0.632. The number of benzene rings is 1. The second-order valence-corrected chi connectivity index (χ2v) is 10.0. The van der Waals surface area contributed by atoms with Gasteiger partial charge in [-0.1, -0.05) is 12.5 Å². The van der Waals surface area contributed by atoms with E-state index in [9.17, 15) is 18.3 Å². The van der Waals surface area contributed by atoms with Crippen LogP contribution in [0.5, 0.6) is 11.5 Å². The van der Waals surface area contributed by atoms with Crippen molar-refractivity contribution in [2.75, 3.05) is 26.8 Å².